The summed E-state index contributed by atoms with van der Waals surface area (Å²) in [6, 6.07) is -0.290. The molecule has 1 unspecified atom stereocenters. The van der Waals surface area contributed by atoms with Crippen molar-refractivity contribution in [3.63, 3.8) is 0 Å². The molecule has 1 aromatic heterocycles. The molecule has 0 aromatic carbocycles. The van der Waals surface area contributed by atoms with Gasteiger partial charge in [0.05, 0.1) is 0 Å². The third-order valence-electron chi connectivity index (χ3n) is 2.75. The van der Waals surface area contributed by atoms with Crippen molar-refractivity contribution in [1.29, 1.82) is 0 Å². The van der Waals surface area contributed by atoms with Crippen molar-refractivity contribution in [2.75, 3.05) is 11.9 Å². The molecular weight excluding hydrogens is 234 g/mol. The molecule has 18 heavy (non-hydrogen) atoms. The van der Waals surface area contributed by atoms with Gasteiger partial charge >= 0.3 is 0 Å². The molecular formula is C11H17N5O2. The number of imidazole rings is 1. The van der Waals surface area contributed by atoms with Gasteiger partial charge in [0.2, 0.25) is 11.9 Å². The molecule has 7 heteroatoms. The van der Waals surface area contributed by atoms with Crippen LogP contribution in [0.1, 0.15) is 30.3 Å². The van der Waals surface area contributed by atoms with E-state index >= 15 is 0 Å². The molecule has 2 heterocycles. The largest absolute Gasteiger partial charge is 0.370 e. The van der Waals surface area contributed by atoms with E-state index in [2.05, 4.69) is 15.6 Å². The summed E-state index contributed by atoms with van der Waals surface area (Å²) in [4.78, 5) is 26.8. The van der Waals surface area contributed by atoms with E-state index < -0.39 is 5.91 Å². The molecule has 2 amide bonds. The van der Waals surface area contributed by atoms with Gasteiger partial charge < -0.3 is 20.9 Å². The number of anilines is 1. The highest BCUT2D eigenvalue weighted by Gasteiger charge is 2.18. The number of nitrogens with two attached hydrogens (primary N) is 1. The Morgan fingerprint density at radius 3 is 3.11 bits per heavy atom. The smallest absolute Gasteiger partial charge is 0.271 e. The zero-order valence-electron chi connectivity index (χ0n) is 10.3. The zero-order chi connectivity index (χ0) is 13.1. The molecule has 0 radical (unpaired) electrons. The Balaban J connectivity index is 2.00. The number of carbonyl (C=O) groups excluding carboxylic acids is 2. The molecule has 0 saturated heterocycles. The van der Waals surface area contributed by atoms with Gasteiger partial charge in [0.1, 0.15) is 5.69 Å². The molecule has 0 saturated carbocycles. The lowest BCUT2D eigenvalue weighted by Crippen LogP contribution is -2.35. The van der Waals surface area contributed by atoms with Crippen molar-refractivity contribution < 1.29 is 9.59 Å². The van der Waals surface area contributed by atoms with E-state index in [1.165, 1.54) is 0 Å². The van der Waals surface area contributed by atoms with Crippen LogP contribution >= 0.6 is 0 Å². The van der Waals surface area contributed by atoms with E-state index in [0.717, 1.165) is 19.5 Å². The third-order valence-corrected chi connectivity index (χ3v) is 2.75. The van der Waals surface area contributed by atoms with Gasteiger partial charge in [-0.1, -0.05) is 0 Å². The SMILES string of the molecule is CC(CC(N)=O)NC(=O)c1cn2c(n1)NCCC2. The Kier molecular flexibility index (Phi) is 3.50. The van der Waals surface area contributed by atoms with Gasteiger partial charge in [-0.25, -0.2) is 4.98 Å². The summed E-state index contributed by atoms with van der Waals surface area (Å²) < 4.78 is 1.91. The molecule has 0 fully saturated rings. The Bertz CT molecular complexity index is 444. The maximum Gasteiger partial charge on any atom is 0.271 e. The fourth-order valence-electron chi connectivity index (χ4n) is 1.94. The van der Waals surface area contributed by atoms with Crippen molar-refractivity contribution in [2.45, 2.75) is 32.4 Å². The third kappa shape index (κ3) is 2.79. The molecule has 1 aliphatic heterocycles. The highest BCUT2D eigenvalue weighted by atomic mass is 16.2. The fourth-order valence-corrected chi connectivity index (χ4v) is 1.94. The molecule has 0 spiro atoms. The van der Waals surface area contributed by atoms with Crippen LogP contribution in [0.4, 0.5) is 5.95 Å². The second-order valence-corrected chi connectivity index (χ2v) is 4.47. The Hall–Kier alpha value is -2.05. The van der Waals surface area contributed by atoms with Crippen LogP contribution in [-0.4, -0.2) is 34.0 Å². The predicted molar refractivity (Wildman–Crippen MR) is 66.1 cm³/mol. The predicted octanol–water partition coefficient (Wildman–Crippen LogP) is -0.308. The molecule has 0 aliphatic carbocycles. The summed E-state index contributed by atoms with van der Waals surface area (Å²) in [5.74, 6) is -0.00462. The van der Waals surface area contributed by atoms with E-state index in [4.69, 9.17) is 5.73 Å². The average Bonchev–Trinajstić information content (AvgIpc) is 2.71. The molecule has 1 atom stereocenters. The maximum atomic E-state index is 11.9. The number of carbonyl (C=O) groups is 2. The molecule has 4 N–H and O–H groups in total. The Labute approximate surface area is 105 Å². The highest BCUT2D eigenvalue weighted by molar-refractivity contribution is 5.93. The van der Waals surface area contributed by atoms with E-state index in [9.17, 15) is 9.59 Å². The number of nitrogens with zero attached hydrogens (tertiary/aromatic N) is 2. The summed E-state index contributed by atoms with van der Waals surface area (Å²) >= 11 is 0. The standard InChI is InChI=1S/C11H17N5O2/c1-7(5-9(12)17)14-10(18)8-6-16-4-2-3-13-11(16)15-8/h6-7H,2-5H2,1H3,(H2,12,17)(H,13,15)(H,14,18). The van der Waals surface area contributed by atoms with Gasteiger partial charge in [-0.05, 0) is 13.3 Å². The van der Waals surface area contributed by atoms with Crippen LogP contribution in [0.2, 0.25) is 0 Å². The van der Waals surface area contributed by atoms with Crippen molar-refractivity contribution in [3.05, 3.63) is 11.9 Å². The lowest BCUT2D eigenvalue weighted by molar-refractivity contribution is -0.118. The quantitative estimate of drug-likeness (QED) is 0.683. The molecule has 0 bridgehead atoms. The zero-order valence-corrected chi connectivity index (χ0v) is 10.3. The second-order valence-electron chi connectivity index (χ2n) is 4.47. The monoisotopic (exact) mass is 251 g/mol. The van der Waals surface area contributed by atoms with Gasteiger partial charge in [0.25, 0.3) is 5.91 Å². The molecule has 7 nitrogen and oxygen atoms in total. The van der Waals surface area contributed by atoms with E-state index in [-0.39, 0.29) is 18.4 Å². The van der Waals surface area contributed by atoms with Gasteiger partial charge in [-0.2, -0.15) is 0 Å². The number of hydrogen-bond donors (Lipinski definition) is 3. The number of rotatable bonds is 4. The summed E-state index contributed by atoms with van der Waals surface area (Å²) in [6.45, 7) is 3.46. The lowest BCUT2D eigenvalue weighted by Gasteiger charge is -2.14. The lowest BCUT2D eigenvalue weighted by atomic mass is 10.2. The number of aryl methyl sites for hydroxylation is 1. The van der Waals surface area contributed by atoms with Gasteiger partial charge in [-0.15, -0.1) is 0 Å². The van der Waals surface area contributed by atoms with Crippen LogP contribution in [0, 0.1) is 0 Å². The van der Waals surface area contributed by atoms with Crippen LogP contribution in [0.3, 0.4) is 0 Å². The molecule has 1 aliphatic rings. The van der Waals surface area contributed by atoms with Crippen molar-refractivity contribution >= 4 is 17.8 Å². The molecule has 1 aromatic rings. The van der Waals surface area contributed by atoms with Gasteiger partial charge in [0, 0.05) is 31.7 Å². The number of primary amides is 1. The number of hydrogen-bond acceptors (Lipinski definition) is 4. The van der Waals surface area contributed by atoms with Gasteiger partial charge in [-0.3, -0.25) is 9.59 Å². The minimum absolute atomic E-state index is 0.123. The number of aromatic nitrogens is 2. The van der Waals surface area contributed by atoms with Crippen LogP contribution in [0.25, 0.3) is 0 Å². The Morgan fingerprint density at radius 1 is 1.67 bits per heavy atom. The molecule has 2 rings (SSSR count). The summed E-state index contributed by atoms with van der Waals surface area (Å²) in [5.41, 5.74) is 5.42. The maximum absolute atomic E-state index is 11.9. The first-order chi connectivity index (χ1) is 8.56. The number of nitrogens with one attached hydrogen (secondary N) is 2. The minimum atomic E-state index is -0.436. The Morgan fingerprint density at radius 2 is 2.44 bits per heavy atom. The summed E-state index contributed by atoms with van der Waals surface area (Å²) in [7, 11) is 0. The van der Waals surface area contributed by atoms with E-state index in [1.54, 1.807) is 13.1 Å². The van der Waals surface area contributed by atoms with Crippen LogP contribution in [-0.2, 0) is 11.3 Å². The normalized spacial score (nSPS) is 15.4. The van der Waals surface area contributed by atoms with Crippen LogP contribution < -0.4 is 16.4 Å². The minimum Gasteiger partial charge on any atom is -0.370 e. The van der Waals surface area contributed by atoms with Gasteiger partial charge in [0.15, 0.2) is 0 Å². The average molecular weight is 251 g/mol. The second kappa shape index (κ2) is 5.07. The van der Waals surface area contributed by atoms with Crippen molar-refractivity contribution in [3.8, 4) is 0 Å². The first kappa shape index (κ1) is 12.4. The van der Waals surface area contributed by atoms with Crippen LogP contribution in [0.15, 0.2) is 6.20 Å². The number of fused-ring (bicyclic) bond motifs is 1. The van der Waals surface area contributed by atoms with Crippen LogP contribution in [0.5, 0.6) is 0 Å². The van der Waals surface area contributed by atoms with Crippen molar-refractivity contribution in [1.82, 2.24) is 14.9 Å². The van der Waals surface area contributed by atoms with E-state index in [0.29, 0.717) is 11.6 Å². The number of amides is 2. The topological polar surface area (TPSA) is 102 Å². The summed E-state index contributed by atoms with van der Waals surface area (Å²) in [5, 5.41) is 5.81. The first-order valence-corrected chi connectivity index (χ1v) is 5.96. The first-order valence-electron chi connectivity index (χ1n) is 5.96. The fraction of sp³-hybridized carbons (Fsp3) is 0.545. The molecule has 98 valence electrons. The van der Waals surface area contributed by atoms with Crippen molar-refractivity contribution in [2.24, 2.45) is 5.73 Å². The summed E-state index contributed by atoms with van der Waals surface area (Å²) in [6.07, 6.45) is 2.86. The van der Waals surface area contributed by atoms with E-state index in [1.807, 2.05) is 4.57 Å². The highest BCUT2D eigenvalue weighted by Crippen LogP contribution is 2.14.